The molecule has 1 aromatic rings. The Labute approximate surface area is 168 Å². The SMILES string of the molecule is CC1CC(C)CN(C(=O)CN2CCN(C(=O)C(C)(N)c3ccccc3)CC2)C1. The third kappa shape index (κ3) is 4.73. The first-order valence-electron chi connectivity index (χ1n) is 10.4. The van der Waals surface area contributed by atoms with Gasteiger partial charge in [0.05, 0.1) is 6.54 Å². The number of carbonyl (C=O) groups is 2. The zero-order chi connectivity index (χ0) is 20.3. The van der Waals surface area contributed by atoms with Crippen molar-refractivity contribution in [3.8, 4) is 0 Å². The van der Waals surface area contributed by atoms with Gasteiger partial charge in [0.25, 0.3) is 0 Å². The summed E-state index contributed by atoms with van der Waals surface area (Å²) in [4.78, 5) is 31.7. The van der Waals surface area contributed by atoms with E-state index in [9.17, 15) is 9.59 Å². The molecule has 0 aliphatic carbocycles. The van der Waals surface area contributed by atoms with E-state index in [1.807, 2.05) is 40.1 Å². The Bertz CT molecular complexity index is 673. The van der Waals surface area contributed by atoms with Gasteiger partial charge in [-0.05, 0) is 30.7 Å². The third-order valence-corrected chi connectivity index (χ3v) is 6.06. The lowest BCUT2D eigenvalue weighted by Crippen LogP contribution is -2.58. The van der Waals surface area contributed by atoms with E-state index in [0.717, 1.165) is 18.7 Å². The molecule has 3 unspecified atom stereocenters. The summed E-state index contributed by atoms with van der Waals surface area (Å²) in [6, 6.07) is 9.52. The van der Waals surface area contributed by atoms with Crippen LogP contribution in [0.5, 0.6) is 0 Å². The van der Waals surface area contributed by atoms with E-state index in [0.29, 0.717) is 44.6 Å². The van der Waals surface area contributed by atoms with Crippen LogP contribution >= 0.6 is 0 Å². The zero-order valence-electron chi connectivity index (χ0n) is 17.4. The lowest BCUT2D eigenvalue weighted by atomic mass is 9.91. The van der Waals surface area contributed by atoms with E-state index in [-0.39, 0.29) is 11.8 Å². The average Bonchev–Trinajstić information content (AvgIpc) is 2.68. The van der Waals surface area contributed by atoms with Crippen molar-refractivity contribution in [2.45, 2.75) is 32.7 Å². The van der Waals surface area contributed by atoms with Gasteiger partial charge < -0.3 is 15.5 Å². The second-order valence-corrected chi connectivity index (χ2v) is 8.88. The van der Waals surface area contributed by atoms with E-state index in [1.54, 1.807) is 6.92 Å². The Kier molecular flexibility index (Phi) is 6.40. The van der Waals surface area contributed by atoms with Crippen molar-refractivity contribution in [2.75, 3.05) is 45.8 Å². The molecule has 2 heterocycles. The molecular weight excluding hydrogens is 352 g/mol. The fourth-order valence-electron chi connectivity index (χ4n) is 4.50. The highest BCUT2D eigenvalue weighted by molar-refractivity contribution is 5.87. The van der Waals surface area contributed by atoms with Crippen LogP contribution in [0.25, 0.3) is 0 Å². The first-order chi connectivity index (χ1) is 13.3. The molecule has 28 heavy (non-hydrogen) atoms. The molecule has 154 valence electrons. The van der Waals surface area contributed by atoms with Crippen LogP contribution in [0, 0.1) is 11.8 Å². The maximum absolute atomic E-state index is 13.0. The third-order valence-electron chi connectivity index (χ3n) is 6.06. The summed E-state index contributed by atoms with van der Waals surface area (Å²) in [5, 5.41) is 0. The van der Waals surface area contributed by atoms with Crippen molar-refractivity contribution in [1.29, 1.82) is 0 Å². The van der Waals surface area contributed by atoms with Gasteiger partial charge in [-0.3, -0.25) is 14.5 Å². The number of hydrogen-bond donors (Lipinski definition) is 1. The van der Waals surface area contributed by atoms with Gasteiger partial charge >= 0.3 is 0 Å². The normalized spacial score (nSPS) is 26.0. The molecule has 2 saturated heterocycles. The van der Waals surface area contributed by atoms with Crippen LogP contribution in [0.1, 0.15) is 32.8 Å². The second kappa shape index (κ2) is 8.62. The summed E-state index contributed by atoms with van der Waals surface area (Å²) >= 11 is 0. The van der Waals surface area contributed by atoms with Crippen LogP contribution in [-0.2, 0) is 15.1 Å². The number of carbonyl (C=O) groups excluding carboxylic acids is 2. The Morgan fingerprint density at radius 1 is 1.00 bits per heavy atom. The highest BCUT2D eigenvalue weighted by Crippen LogP contribution is 2.22. The number of likely N-dealkylation sites (tertiary alicyclic amines) is 1. The van der Waals surface area contributed by atoms with Crippen molar-refractivity contribution >= 4 is 11.8 Å². The van der Waals surface area contributed by atoms with E-state index in [4.69, 9.17) is 5.73 Å². The fourth-order valence-corrected chi connectivity index (χ4v) is 4.50. The Hall–Kier alpha value is -1.92. The number of piperazine rings is 1. The molecule has 2 aliphatic heterocycles. The van der Waals surface area contributed by atoms with Crippen LogP contribution in [0.2, 0.25) is 0 Å². The number of nitrogens with zero attached hydrogens (tertiary/aromatic N) is 3. The van der Waals surface area contributed by atoms with Crippen molar-refractivity contribution in [3.63, 3.8) is 0 Å². The highest BCUT2D eigenvalue weighted by atomic mass is 16.2. The molecule has 2 aliphatic rings. The maximum atomic E-state index is 13.0. The van der Waals surface area contributed by atoms with Gasteiger partial charge in [0, 0.05) is 39.3 Å². The van der Waals surface area contributed by atoms with E-state index >= 15 is 0 Å². The predicted molar refractivity (Wildman–Crippen MR) is 111 cm³/mol. The van der Waals surface area contributed by atoms with Crippen LogP contribution < -0.4 is 5.73 Å². The Balaban J connectivity index is 1.51. The molecule has 0 saturated carbocycles. The topological polar surface area (TPSA) is 69.9 Å². The van der Waals surface area contributed by atoms with E-state index in [1.165, 1.54) is 6.42 Å². The summed E-state index contributed by atoms with van der Waals surface area (Å²) in [6.45, 7) is 11.0. The van der Waals surface area contributed by atoms with Crippen molar-refractivity contribution in [2.24, 2.45) is 17.6 Å². The molecule has 0 radical (unpaired) electrons. The smallest absolute Gasteiger partial charge is 0.247 e. The number of nitrogens with two attached hydrogens (primary N) is 1. The van der Waals surface area contributed by atoms with Crippen LogP contribution in [-0.4, -0.2) is 72.3 Å². The van der Waals surface area contributed by atoms with Crippen molar-refractivity contribution < 1.29 is 9.59 Å². The number of hydrogen-bond acceptors (Lipinski definition) is 4. The number of rotatable bonds is 4. The second-order valence-electron chi connectivity index (χ2n) is 8.88. The van der Waals surface area contributed by atoms with Gasteiger partial charge in [0.15, 0.2) is 0 Å². The van der Waals surface area contributed by atoms with Crippen LogP contribution in [0.15, 0.2) is 30.3 Å². The molecule has 6 heteroatoms. The van der Waals surface area contributed by atoms with E-state index in [2.05, 4.69) is 18.7 Å². The molecule has 6 nitrogen and oxygen atoms in total. The fraction of sp³-hybridized carbons (Fsp3) is 0.636. The van der Waals surface area contributed by atoms with E-state index < -0.39 is 5.54 Å². The Morgan fingerprint density at radius 3 is 2.14 bits per heavy atom. The maximum Gasteiger partial charge on any atom is 0.247 e. The zero-order valence-corrected chi connectivity index (χ0v) is 17.4. The van der Waals surface area contributed by atoms with Gasteiger partial charge in [0.1, 0.15) is 5.54 Å². The number of piperidine rings is 1. The Morgan fingerprint density at radius 2 is 1.57 bits per heavy atom. The summed E-state index contributed by atoms with van der Waals surface area (Å²) in [5.74, 6) is 1.30. The molecule has 3 atom stereocenters. The first kappa shape index (κ1) is 20.8. The summed E-state index contributed by atoms with van der Waals surface area (Å²) in [7, 11) is 0. The van der Waals surface area contributed by atoms with Gasteiger partial charge in [-0.1, -0.05) is 44.2 Å². The molecule has 2 N–H and O–H groups in total. The number of benzene rings is 1. The minimum absolute atomic E-state index is 0.0524. The quantitative estimate of drug-likeness (QED) is 0.852. The largest absolute Gasteiger partial charge is 0.341 e. The molecule has 0 bridgehead atoms. The first-order valence-corrected chi connectivity index (χ1v) is 10.4. The van der Waals surface area contributed by atoms with Crippen molar-refractivity contribution in [1.82, 2.24) is 14.7 Å². The van der Waals surface area contributed by atoms with Crippen LogP contribution in [0.4, 0.5) is 0 Å². The molecule has 0 spiro atoms. The molecule has 3 rings (SSSR count). The molecule has 0 aromatic heterocycles. The van der Waals surface area contributed by atoms with Gasteiger partial charge in [-0.15, -0.1) is 0 Å². The lowest BCUT2D eigenvalue weighted by molar-refractivity contribution is -0.139. The monoisotopic (exact) mass is 386 g/mol. The summed E-state index contributed by atoms with van der Waals surface area (Å²) < 4.78 is 0. The summed E-state index contributed by atoms with van der Waals surface area (Å²) in [5.41, 5.74) is 6.18. The number of amides is 2. The predicted octanol–water partition coefficient (Wildman–Crippen LogP) is 1.51. The molecular formula is C22H34N4O2. The molecule has 2 fully saturated rings. The van der Waals surface area contributed by atoms with Gasteiger partial charge in [-0.2, -0.15) is 0 Å². The molecule has 1 aromatic carbocycles. The summed E-state index contributed by atoms with van der Waals surface area (Å²) in [6.07, 6.45) is 1.20. The minimum Gasteiger partial charge on any atom is -0.341 e. The standard InChI is InChI=1S/C22H34N4O2/c1-17-13-18(2)15-26(14-17)20(27)16-24-9-11-25(12-10-24)21(28)22(3,23)19-7-5-4-6-8-19/h4-8,17-18H,9-16,23H2,1-3H3. The lowest BCUT2D eigenvalue weighted by Gasteiger charge is -2.40. The highest BCUT2D eigenvalue weighted by Gasteiger charge is 2.36. The van der Waals surface area contributed by atoms with Gasteiger partial charge in [-0.25, -0.2) is 0 Å². The van der Waals surface area contributed by atoms with Crippen LogP contribution in [0.3, 0.4) is 0 Å². The molecule has 2 amide bonds. The van der Waals surface area contributed by atoms with Crippen molar-refractivity contribution in [3.05, 3.63) is 35.9 Å². The minimum atomic E-state index is -1.03. The van der Waals surface area contributed by atoms with Gasteiger partial charge in [0.2, 0.25) is 11.8 Å². The average molecular weight is 387 g/mol.